The highest BCUT2D eigenvalue weighted by Crippen LogP contribution is 2.58. The normalized spacial score (nSPS) is 24.9. The molecule has 1 aromatic carbocycles. The van der Waals surface area contributed by atoms with Gasteiger partial charge in [-0.05, 0) is 128 Å². The summed E-state index contributed by atoms with van der Waals surface area (Å²) in [7, 11) is 1.75. The highest BCUT2D eigenvalue weighted by Gasteiger charge is 2.59. The zero-order valence-corrected chi connectivity index (χ0v) is 41.0. The summed E-state index contributed by atoms with van der Waals surface area (Å²) in [4.78, 5) is 98.2. The van der Waals surface area contributed by atoms with Crippen LogP contribution in [0.3, 0.4) is 0 Å². The Morgan fingerprint density at radius 2 is 1.58 bits per heavy atom. The van der Waals surface area contributed by atoms with Crippen molar-refractivity contribution in [3.8, 4) is 11.1 Å². The van der Waals surface area contributed by atoms with E-state index in [1.54, 1.807) is 34.8 Å². The van der Waals surface area contributed by atoms with Crippen molar-refractivity contribution < 1.29 is 24.0 Å². The fourth-order valence-corrected chi connectivity index (χ4v) is 13.0. The SMILES string of the molecule is Cc1c(-c2cc(Nc3ccc(N4CC[C@@]5(C[C@@H]4C)C[C@H]5N4CCN(c5ccc6c(c5)C(=O)N(C5CCC(=O)NC5=O)C6=O)CC4)cn3)c(=O)n(C)c2)ccnc1N1CCn2c(cc3c2CC(C)(C)C3)C1=O. The highest BCUT2D eigenvalue weighted by atomic mass is 16.2. The van der Waals surface area contributed by atoms with Crippen LogP contribution in [0.25, 0.3) is 11.1 Å². The number of imide groups is 2. The number of aryl methyl sites for hydroxylation is 1. The number of piperazine rings is 1. The standard InChI is InChI=1S/C54H59N11O6/c1-31-25-54(28-44(54)61-18-16-60(17-19-61)35-6-8-38-39(24-35)50(69)65(49(38)68)41-9-11-46(66)58-48(41)67)13-15-62(31)36-7-10-45(56-29-36)57-40-22-34(30-59(5)51(40)70)37-12-14-55-47(32(37)2)64-21-20-63-42(52(64)71)23-33-26-53(3,4)27-43(33)63/h6-8,10,12,14,22-24,29-31,41,44H,9,11,13,15-21,25-28H2,1-5H3,(H,56,57)(H,58,66,67)/t31-,41?,44+,54+/m0/s1. The van der Waals surface area contributed by atoms with E-state index in [2.05, 4.69) is 62.8 Å². The molecule has 366 valence electrons. The van der Waals surface area contributed by atoms with Gasteiger partial charge in [0.2, 0.25) is 11.8 Å². The lowest BCUT2D eigenvalue weighted by molar-refractivity contribution is -0.136. The van der Waals surface area contributed by atoms with Gasteiger partial charge in [-0.1, -0.05) is 13.8 Å². The fraction of sp³-hybridized carbons (Fsp3) is 0.444. The summed E-state index contributed by atoms with van der Waals surface area (Å²) >= 11 is 0. The Kier molecular flexibility index (Phi) is 10.4. The second kappa shape index (κ2) is 16.5. The molecule has 0 bridgehead atoms. The number of amides is 5. The van der Waals surface area contributed by atoms with E-state index in [4.69, 9.17) is 9.97 Å². The Hall–Kier alpha value is -7.14. The summed E-state index contributed by atoms with van der Waals surface area (Å²) in [5, 5.41) is 5.57. The molecule has 3 saturated heterocycles. The average Bonchev–Trinajstić information content (AvgIpc) is 3.66. The molecule has 71 heavy (non-hydrogen) atoms. The number of nitrogens with zero attached hydrogens (tertiary/aromatic N) is 9. The van der Waals surface area contributed by atoms with Gasteiger partial charge in [-0.15, -0.1) is 0 Å². The summed E-state index contributed by atoms with van der Waals surface area (Å²) < 4.78 is 3.79. The molecule has 4 aromatic heterocycles. The largest absolute Gasteiger partial charge is 0.369 e. The molecule has 2 aliphatic carbocycles. The molecule has 5 aromatic rings. The molecule has 1 unspecified atom stereocenters. The first-order valence-electron chi connectivity index (χ1n) is 25.1. The van der Waals surface area contributed by atoms with Gasteiger partial charge in [0, 0.05) is 101 Å². The number of pyridine rings is 3. The van der Waals surface area contributed by atoms with Crippen molar-refractivity contribution in [3.05, 3.63) is 111 Å². The number of piperidine rings is 2. The van der Waals surface area contributed by atoms with Crippen molar-refractivity contribution in [1.29, 1.82) is 0 Å². The molecule has 12 rings (SSSR count). The molecule has 9 heterocycles. The summed E-state index contributed by atoms with van der Waals surface area (Å²) in [6.07, 6.45) is 11.0. The number of carbonyl (C=O) groups excluding carboxylic acids is 5. The van der Waals surface area contributed by atoms with Gasteiger partial charge in [0.25, 0.3) is 23.3 Å². The molecule has 17 heteroatoms. The number of hydrogen-bond acceptors (Lipinski definition) is 12. The molecule has 17 nitrogen and oxygen atoms in total. The van der Waals surface area contributed by atoms with E-state index in [1.165, 1.54) is 17.7 Å². The second-order valence-electron chi connectivity index (χ2n) is 21.8. The maximum absolute atomic E-state index is 14.0. The smallest absolute Gasteiger partial charge is 0.276 e. The predicted octanol–water partition coefficient (Wildman–Crippen LogP) is 5.45. The number of fused-ring (bicyclic) bond motifs is 4. The van der Waals surface area contributed by atoms with Gasteiger partial charge < -0.3 is 24.3 Å². The van der Waals surface area contributed by atoms with Crippen LogP contribution in [0.5, 0.6) is 0 Å². The molecule has 4 fully saturated rings. The monoisotopic (exact) mass is 957 g/mol. The molecule has 2 N–H and O–H groups in total. The van der Waals surface area contributed by atoms with Crippen LogP contribution in [0.4, 0.5) is 28.7 Å². The van der Waals surface area contributed by atoms with Crippen LogP contribution in [0.1, 0.15) is 101 Å². The van der Waals surface area contributed by atoms with Gasteiger partial charge in [0.1, 0.15) is 29.1 Å². The summed E-state index contributed by atoms with van der Waals surface area (Å²) in [5.41, 5.74) is 9.14. The lowest BCUT2D eigenvalue weighted by Crippen LogP contribution is -2.54. The van der Waals surface area contributed by atoms with Gasteiger partial charge in [0.15, 0.2) is 0 Å². The Bertz CT molecular complexity index is 3170. The maximum atomic E-state index is 14.0. The third-order valence-electron chi connectivity index (χ3n) is 16.7. The van der Waals surface area contributed by atoms with Crippen molar-refractivity contribution >= 4 is 58.2 Å². The second-order valence-corrected chi connectivity index (χ2v) is 21.8. The van der Waals surface area contributed by atoms with Crippen LogP contribution in [0, 0.1) is 17.8 Å². The first kappa shape index (κ1) is 45.0. The van der Waals surface area contributed by atoms with Crippen molar-refractivity contribution in [2.24, 2.45) is 17.9 Å². The topological polar surface area (TPSA) is 178 Å². The maximum Gasteiger partial charge on any atom is 0.276 e. The number of aromatic nitrogens is 4. The van der Waals surface area contributed by atoms with Crippen LogP contribution >= 0.6 is 0 Å². The fourth-order valence-electron chi connectivity index (χ4n) is 13.0. The Balaban J connectivity index is 0.666. The third kappa shape index (κ3) is 7.53. The van der Waals surface area contributed by atoms with E-state index in [-0.39, 0.29) is 35.1 Å². The summed E-state index contributed by atoms with van der Waals surface area (Å²) in [5.74, 6) is -0.804. The van der Waals surface area contributed by atoms with Crippen LogP contribution in [-0.4, -0.2) is 116 Å². The van der Waals surface area contributed by atoms with E-state index < -0.39 is 29.7 Å². The van der Waals surface area contributed by atoms with Gasteiger partial charge >= 0.3 is 0 Å². The zero-order chi connectivity index (χ0) is 49.2. The Labute approximate surface area is 411 Å². The van der Waals surface area contributed by atoms with Crippen LogP contribution in [0.15, 0.2) is 71.9 Å². The number of nitrogens with one attached hydrogen (secondary N) is 2. The molecule has 7 aliphatic rings. The molecule has 4 atom stereocenters. The molecule has 5 amide bonds. The highest BCUT2D eigenvalue weighted by molar-refractivity contribution is 6.23. The van der Waals surface area contributed by atoms with Gasteiger partial charge in [0.05, 0.1) is 23.0 Å². The van der Waals surface area contributed by atoms with Crippen molar-refractivity contribution in [1.82, 2.24) is 34.2 Å². The molecule has 1 saturated carbocycles. The Morgan fingerprint density at radius 1 is 0.789 bits per heavy atom. The molecular formula is C54H59N11O6. The van der Waals surface area contributed by atoms with Gasteiger partial charge in [-0.2, -0.15) is 0 Å². The molecular weight excluding hydrogens is 899 g/mol. The quantitative estimate of drug-likeness (QED) is 0.188. The minimum absolute atomic E-state index is 0.0321. The van der Waals surface area contributed by atoms with Crippen molar-refractivity contribution in [2.75, 3.05) is 59.3 Å². The molecule has 0 radical (unpaired) electrons. The predicted molar refractivity (Wildman–Crippen MR) is 268 cm³/mol. The number of hydrogen-bond donors (Lipinski definition) is 2. The van der Waals surface area contributed by atoms with Crippen LogP contribution in [-0.2, 0) is 36.0 Å². The Morgan fingerprint density at radius 3 is 2.34 bits per heavy atom. The first-order chi connectivity index (χ1) is 34.1. The zero-order valence-electron chi connectivity index (χ0n) is 41.0. The molecule has 1 spiro atoms. The van der Waals surface area contributed by atoms with E-state index in [1.807, 2.05) is 43.6 Å². The van der Waals surface area contributed by atoms with E-state index >= 15 is 0 Å². The van der Waals surface area contributed by atoms with Crippen molar-refractivity contribution in [2.45, 2.75) is 97.3 Å². The number of carbonyl (C=O) groups is 5. The van der Waals surface area contributed by atoms with E-state index in [9.17, 15) is 28.8 Å². The van der Waals surface area contributed by atoms with Gasteiger partial charge in [-0.3, -0.25) is 48.8 Å². The average molecular weight is 958 g/mol. The lowest BCUT2D eigenvalue weighted by Gasteiger charge is -2.42. The van der Waals surface area contributed by atoms with E-state index in [0.29, 0.717) is 47.1 Å². The first-order valence-corrected chi connectivity index (χ1v) is 25.1. The lowest BCUT2D eigenvalue weighted by atomic mass is 9.87. The van der Waals surface area contributed by atoms with Crippen molar-refractivity contribution in [3.63, 3.8) is 0 Å². The molecule has 5 aliphatic heterocycles. The van der Waals surface area contributed by atoms with Crippen LogP contribution in [0.2, 0.25) is 0 Å². The summed E-state index contributed by atoms with van der Waals surface area (Å²) in [6, 6.07) is 15.1. The minimum Gasteiger partial charge on any atom is -0.369 e. The third-order valence-corrected chi connectivity index (χ3v) is 16.7. The minimum atomic E-state index is -0.982. The summed E-state index contributed by atoms with van der Waals surface area (Å²) in [6.45, 7) is 14.5. The van der Waals surface area contributed by atoms with Crippen LogP contribution < -0.4 is 30.9 Å². The van der Waals surface area contributed by atoms with E-state index in [0.717, 1.165) is 104 Å². The van der Waals surface area contributed by atoms with Gasteiger partial charge in [-0.25, -0.2) is 9.97 Å². The number of benzene rings is 1. The number of anilines is 5. The number of rotatable bonds is 8.